The third-order valence-corrected chi connectivity index (χ3v) is 2.97. The van der Waals surface area contributed by atoms with Gasteiger partial charge in [0.2, 0.25) is 0 Å². The van der Waals surface area contributed by atoms with Crippen LogP contribution in [0.3, 0.4) is 0 Å². The number of nitrogens with two attached hydrogens (primary N) is 1. The SMILES string of the molecule is Cl.NC(c1ccsc1)P(=O)(O)O. The third-order valence-electron chi connectivity index (χ3n) is 1.25. The van der Waals surface area contributed by atoms with Crippen molar-refractivity contribution in [2.24, 2.45) is 5.73 Å². The van der Waals surface area contributed by atoms with Crippen molar-refractivity contribution in [2.45, 2.75) is 5.78 Å². The highest BCUT2D eigenvalue weighted by Crippen LogP contribution is 2.48. The lowest BCUT2D eigenvalue weighted by molar-refractivity contribution is 0.360. The minimum Gasteiger partial charge on any atom is -0.323 e. The third kappa shape index (κ3) is 2.86. The fourth-order valence-electron chi connectivity index (χ4n) is 0.637. The van der Waals surface area contributed by atoms with Crippen LogP contribution in [-0.2, 0) is 4.57 Å². The minimum atomic E-state index is -4.16. The lowest BCUT2D eigenvalue weighted by Gasteiger charge is -2.10. The molecule has 0 bridgehead atoms. The molecule has 0 fully saturated rings. The largest absolute Gasteiger partial charge is 0.346 e. The van der Waals surface area contributed by atoms with Crippen LogP contribution in [0.25, 0.3) is 0 Å². The van der Waals surface area contributed by atoms with Gasteiger partial charge in [0.05, 0.1) is 0 Å². The van der Waals surface area contributed by atoms with Crippen molar-refractivity contribution in [3.8, 4) is 0 Å². The summed E-state index contributed by atoms with van der Waals surface area (Å²) in [5, 5.41) is 3.36. The van der Waals surface area contributed by atoms with Crippen LogP contribution in [0.1, 0.15) is 11.3 Å². The molecule has 0 amide bonds. The summed E-state index contributed by atoms with van der Waals surface area (Å²) in [7, 11) is -4.16. The molecule has 4 nitrogen and oxygen atoms in total. The molecule has 1 heterocycles. The average molecular weight is 230 g/mol. The van der Waals surface area contributed by atoms with Crippen molar-refractivity contribution in [3.05, 3.63) is 22.4 Å². The summed E-state index contributed by atoms with van der Waals surface area (Å²) in [6, 6.07) is 1.61. The molecule has 70 valence electrons. The van der Waals surface area contributed by atoms with Crippen molar-refractivity contribution in [1.29, 1.82) is 0 Å². The summed E-state index contributed by atoms with van der Waals surface area (Å²) in [5.74, 6) is -1.17. The van der Waals surface area contributed by atoms with Crippen LogP contribution in [0.15, 0.2) is 16.8 Å². The molecular weight excluding hydrogens is 221 g/mol. The molecule has 1 atom stereocenters. The van der Waals surface area contributed by atoms with Gasteiger partial charge in [-0.05, 0) is 22.4 Å². The van der Waals surface area contributed by atoms with Gasteiger partial charge in [0, 0.05) is 0 Å². The Morgan fingerprint density at radius 2 is 2.17 bits per heavy atom. The Hall–Kier alpha value is 0.1000. The van der Waals surface area contributed by atoms with Crippen LogP contribution in [-0.4, -0.2) is 9.79 Å². The minimum absolute atomic E-state index is 0. The van der Waals surface area contributed by atoms with Gasteiger partial charge in [-0.25, -0.2) is 0 Å². The molecule has 1 aromatic heterocycles. The van der Waals surface area contributed by atoms with E-state index in [4.69, 9.17) is 15.5 Å². The quantitative estimate of drug-likeness (QED) is 0.668. The zero-order valence-electron chi connectivity index (χ0n) is 5.95. The molecule has 0 saturated heterocycles. The molecule has 12 heavy (non-hydrogen) atoms. The fourth-order valence-corrected chi connectivity index (χ4v) is 1.98. The predicted molar refractivity (Wildman–Crippen MR) is 50.5 cm³/mol. The summed E-state index contributed by atoms with van der Waals surface area (Å²) >= 11 is 1.36. The standard InChI is InChI=1S/C5H8NO3PS.ClH/c6-5(10(7,8)9)4-1-2-11-3-4;/h1-3,5H,6H2,(H2,7,8,9);1H. The van der Waals surface area contributed by atoms with Gasteiger partial charge >= 0.3 is 7.60 Å². The number of hydrogen-bond acceptors (Lipinski definition) is 3. The molecule has 1 rings (SSSR count). The second kappa shape index (κ2) is 4.37. The zero-order chi connectivity index (χ0) is 8.48. The van der Waals surface area contributed by atoms with Gasteiger partial charge in [0.15, 0.2) is 0 Å². The topological polar surface area (TPSA) is 83.6 Å². The first-order valence-electron chi connectivity index (χ1n) is 2.84. The van der Waals surface area contributed by atoms with Crippen molar-refractivity contribution in [2.75, 3.05) is 0 Å². The van der Waals surface area contributed by atoms with Crippen LogP contribution in [0.5, 0.6) is 0 Å². The number of halogens is 1. The van der Waals surface area contributed by atoms with E-state index in [1.807, 2.05) is 0 Å². The molecule has 1 unspecified atom stereocenters. The molecule has 0 radical (unpaired) electrons. The van der Waals surface area contributed by atoms with Crippen molar-refractivity contribution in [3.63, 3.8) is 0 Å². The predicted octanol–water partition coefficient (Wildman–Crippen LogP) is 1.30. The highest BCUT2D eigenvalue weighted by molar-refractivity contribution is 7.52. The van der Waals surface area contributed by atoms with Crippen molar-refractivity contribution in [1.82, 2.24) is 0 Å². The van der Waals surface area contributed by atoms with E-state index in [1.165, 1.54) is 11.3 Å². The maximum Gasteiger partial charge on any atom is 0.346 e. The maximum atomic E-state index is 10.6. The second-order valence-corrected chi connectivity index (χ2v) is 4.61. The number of rotatable bonds is 2. The average Bonchev–Trinajstić information content (AvgIpc) is 2.34. The number of thiophene rings is 1. The van der Waals surface area contributed by atoms with E-state index >= 15 is 0 Å². The van der Waals surface area contributed by atoms with E-state index in [0.29, 0.717) is 5.56 Å². The Morgan fingerprint density at radius 3 is 2.50 bits per heavy atom. The summed E-state index contributed by atoms with van der Waals surface area (Å²) in [4.78, 5) is 17.3. The van der Waals surface area contributed by atoms with Crippen molar-refractivity contribution < 1.29 is 14.4 Å². The molecule has 0 spiro atoms. The van der Waals surface area contributed by atoms with Gasteiger partial charge in [0.1, 0.15) is 5.78 Å². The smallest absolute Gasteiger partial charge is 0.323 e. The van der Waals surface area contributed by atoms with Gasteiger partial charge in [-0.1, -0.05) is 0 Å². The van der Waals surface area contributed by atoms with Gasteiger partial charge in [-0.15, -0.1) is 12.4 Å². The first-order valence-corrected chi connectivity index (χ1v) is 5.47. The van der Waals surface area contributed by atoms with E-state index in [0.717, 1.165) is 0 Å². The maximum absolute atomic E-state index is 10.6. The highest BCUT2D eigenvalue weighted by Gasteiger charge is 2.26. The second-order valence-electron chi connectivity index (χ2n) is 2.09. The summed E-state index contributed by atoms with van der Waals surface area (Å²) in [5.41, 5.74) is 5.75. The highest BCUT2D eigenvalue weighted by atomic mass is 35.5. The van der Waals surface area contributed by atoms with E-state index < -0.39 is 13.4 Å². The first-order chi connectivity index (χ1) is 5.02. The normalized spacial score (nSPS) is 13.6. The Labute approximate surface area is 80.0 Å². The van der Waals surface area contributed by atoms with E-state index in [1.54, 1.807) is 16.8 Å². The van der Waals surface area contributed by atoms with Gasteiger partial charge in [0.25, 0.3) is 0 Å². The van der Waals surface area contributed by atoms with Gasteiger partial charge in [-0.3, -0.25) is 4.57 Å². The van der Waals surface area contributed by atoms with Gasteiger partial charge in [-0.2, -0.15) is 11.3 Å². The van der Waals surface area contributed by atoms with Crippen LogP contribution >= 0.6 is 31.3 Å². The summed E-state index contributed by atoms with van der Waals surface area (Å²) in [6.07, 6.45) is 0. The summed E-state index contributed by atoms with van der Waals surface area (Å²) in [6.45, 7) is 0. The molecular formula is C5H9ClNO3PS. The number of hydrogen-bond donors (Lipinski definition) is 3. The van der Waals surface area contributed by atoms with Crippen LogP contribution < -0.4 is 5.73 Å². The molecule has 4 N–H and O–H groups in total. The summed E-state index contributed by atoms with van der Waals surface area (Å²) < 4.78 is 10.6. The molecule has 0 aliphatic carbocycles. The molecule has 0 aromatic carbocycles. The van der Waals surface area contributed by atoms with Crippen molar-refractivity contribution >= 4 is 31.3 Å². The lowest BCUT2D eigenvalue weighted by atomic mass is 10.3. The molecule has 7 heteroatoms. The van der Waals surface area contributed by atoms with Crippen LogP contribution in [0, 0.1) is 0 Å². The fraction of sp³-hybridized carbons (Fsp3) is 0.200. The van der Waals surface area contributed by atoms with Crippen LogP contribution in [0.4, 0.5) is 0 Å². The Kier molecular flexibility index (Phi) is 4.40. The van der Waals surface area contributed by atoms with E-state index in [9.17, 15) is 4.57 Å². The zero-order valence-corrected chi connectivity index (χ0v) is 8.48. The molecule has 0 aliphatic rings. The van der Waals surface area contributed by atoms with Crippen LogP contribution in [0.2, 0.25) is 0 Å². The Balaban J connectivity index is 0.00000121. The lowest BCUT2D eigenvalue weighted by Crippen LogP contribution is -2.09. The van der Waals surface area contributed by atoms with E-state index in [-0.39, 0.29) is 12.4 Å². The Morgan fingerprint density at radius 1 is 1.58 bits per heavy atom. The molecule has 1 aromatic rings. The first kappa shape index (κ1) is 12.1. The molecule has 0 aliphatic heterocycles. The van der Waals surface area contributed by atoms with E-state index in [2.05, 4.69) is 0 Å². The van der Waals surface area contributed by atoms with Gasteiger partial charge < -0.3 is 15.5 Å². The monoisotopic (exact) mass is 229 g/mol. The molecule has 0 saturated carbocycles. The Bertz CT molecular complexity index is 272.